The lowest BCUT2D eigenvalue weighted by molar-refractivity contribution is 0.352. The molecule has 1 aromatic carbocycles. The van der Waals surface area contributed by atoms with Crippen molar-refractivity contribution >= 4 is 15.9 Å². The average Bonchev–Trinajstić information content (AvgIpc) is 3.08. The fourth-order valence-electron chi connectivity index (χ4n) is 2.62. The van der Waals surface area contributed by atoms with Gasteiger partial charge in [0.2, 0.25) is 0 Å². The molecule has 0 aliphatic carbocycles. The zero-order valence-electron chi connectivity index (χ0n) is 12.2. The maximum atomic E-state index is 5.77. The first-order chi connectivity index (χ1) is 10.3. The van der Waals surface area contributed by atoms with Gasteiger partial charge in [-0.25, -0.2) is 0 Å². The summed E-state index contributed by atoms with van der Waals surface area (Å²) in [6.07, 6.45) is 4.17. The molecule has 0 unspecified atom stereocenters. The fraction of sp³-hybridized carbons (Fsp3) is 0.438. The van der Waals surface area contributed by atoms with Crippen LogP contribution in [-0.4, -0.2) is 22.9 Å². The van der Waals surface area contributed by atoms with Gasteiger partial charge in [0, 0.05) is 29.2 Å². The number of halogens is 1. The normalized spacial score (nSPS) is 13.2. The van der Waals surface area contributed by atoms with E-state index in [1.807, 2.05) is 10.9 Å². The minimum Gasteiger partial charge on any atom is -0.493 e. The highest BCUT2D eigenvalue weighted by molar-refractivity contribution is 9.10. The van der Waals surface area contributed by atoms with Crippen LogP contribution in [0.1, 0.15) is 30.2 Å². The van der Waals surface area contributed by atoms with E-state index in [0.29, 0.717) is 0 Å². The molecule has 0 radical (unpaired) electrons. The highest BCUT2D eigenvalue weighted by Gasteiger charge is 2.17. The van der Waals surface area contributed by atoms with Crippen LogP contribution >= 0.6 is 15.9 Å². The molecule has 3 rings (SSSR count). The lowest BCUT2D eigenvalue weighted by atomic mass is 10.1. The number of hydrogen-bond donors (Lipinski definition) is 1. The quantitative estimate of drug-likeness (QED) is 0.814. The Balaban J connectivity index is 1.72. The molecule has 1 aromatic heterocycles. The van der Waals surface area contributed by atoms with E-state index in [9.17, 15) is 0 Å². The van der Waals surface area contributed by atoms with Gasteiger partial charge >= 0.3 is 0 Å². The molecule has 5 heteroatoms. The van der Waals surface area contributed by atoms with Gasteiger partial charge in [-0.1, -0.05) is 22.9 Å². The Kier molecular flexibility index (Phi) is 4.60. The largest absolute Gasteiger partial charge is 0.493 e. The number of hydrogen-bond acceptors (Lipinski definition) is 3. The average molecular weight is 350 g/mol. The summed E-state index contributed by atoms with van der Waals surface area (Å²) >= 11 is 3.58. The van der Waals surface area contributed by atoms with Crippen molar-refractivity contribution in [1.29, 1.82) is 0 Å². The first-order valence-corrected chi connectivity index (χ1v) is 8.22. The van der Waals surface area contributed by atoms with E-state index in [1.54, 1.807) is 0 Å². The molecule has 112 valence electrons. The summed E-state index contributed by atoms with van der Waals surface area (Å²) in [5.41, 5.74) is 3.56. The molecule has 4 nitrogen and oxygen atoms in total. The second-order valence-corrected chi connectivity index (χ2v) is 6.25. The summed E-state index contributed by atoms with van der Waals surface area (Å²) < 4.78 is 8.86. The molecule has 0 spiro atoms. The summed E-state index contributed by atoms with van der Waals surface area (Å²) in [6, 6.07) is 6.34. The van der Waals surface area contributed by atoms with Crippen LogP contribution < -0.4 is 10.1 Å². The minimum atomic E-state index is 0.746. The second kappa shape index (κ2) is 6.62. The Labute approximate surface area is 133 Å². The highest BCUT2D eigenvalue weighted by Crippen LogP contribution is 2.33. The summed E-state index contributed by atoms with van der Waals surface area (Å²) in [5, 5.41) is 7.99. The van der Waals surface area contributed by atoms with E-state index in [4.69, 9.17) is 4.74 Å². The van der Waals surface area contributed by atoms with Crippen molar-refractivity contribution in [2.45, 2.75) is 32.9 Å². The molecule has 0 bridgehead atoms. The van der Waals surface area contributed by atoms with Crippen molar-refractivity contribution in [2.75, 3.05) is 13.2 Å². The SMILES string of the molecule is CCCNCc1ccn(Cc2cc(Br)cc3c2OCC3)n1. The molecule has 2 heterocycles. The van der Waals surface area contributed by atoms with Gasteiger partial charge in [-0.3, -0.25) is 4.68 Å². The van der Waals surface area contributed by atoms with Crippen molar-refractivity contribution in [3.8, 4) is 5.75 Å². The third-order valence-electron chi connectivity index (χ3n) is 3.59. The van der Waals surface area contributed by atoms with Crippen molar-refractivity contribution in [3.63, 3.8) is 0 Å². The summed E-state index contributed by atoms with van der Waals surface area (Å²) in [5.74, 6) is 1.04. The summed E-state index contributed by atoms with van der Waals surface area (Å²) in [4.78, 5) is 0. The molecule has 0 amide bonds. The van der Waals surface area contributed by atoms with Crippen LogP contribution in [0.25, 0.3) is 0 Å². The molecule has 2 aromatic rings. The van der Waals surface area contributed by atoms with E-state index in [2.05, 4.69) is 51.5 Å². The number of aromatic nitrogens is 2. The third-order valence-corrected chi connectivity index (χ3v) is 4.04. The molecule has 0 saturated carbocycles. The lowest BCUT2D eigenvalue weighted by Crippen LogP contribution is -2.14. The molecule has 0 atom stereocenters. The first kappa shape index (κ1) is 14.6. The van der Waals surface area contributed by atoms with E-state index in [1.165, 1.54) is 11.1 Å². The predicted octanol–water partition coefficient (Wildman–Crippen LogP) is 3.13. The second-order valence-electron chi connectivity index (χ2n) is 5.33. The van der Waals surface area contributed by atoms with Gasteiger partial charge in [-0.2, -0.15) is 5.10 Å². The van der Waals surface area contributed by atoms with Gasteiger partial charge in [0.15, 0.2) is 0 Å². The highest BCUT2D eigenvalue weighted by atomic mass is 79.9. The Morgan fingerprint density at radius 3 is 3.19 bits per heavy atom. The van der Waals surface area contributed by atoms with Crippen LogP contribution in [0.2, 0.25) is 0 Å². The van der Waals surface area contributed by atoms with Crippen LogP contribution in [0.15, 0.2) is 28.9 Å². The Morgan fingerprint density at radius 1 is 1.43 bits per heavy atom. The number of nitrogens with one attached hydrogen (secondary N) is 1. The molecule has 1 N–H and O–H groups in total. The summed E-state index contributed by atoms with van der Waals surface area (Å²) in [6.45, 7) is 5.55. The van der Waals surface area contributed by atoms with E-state index >= 15 is 0 Å². The lowest BCUT2D eigenvalue weighted by Gasteiger charge is -2.09. The maximum absolute atomic E-state index is 5.77. The molecule has 1 aliphatic rings. The van der Waals surface area contributed by atoms with Gasteiger partial charge in [0.1, 0.15) is 5.75 Å². The van der Waals surface area contributed by atoms with Crippen LogP contribution in [0.4, 0.5) is 0 Å². The fourth-order valence-corrected chi connectivity index (χ4v) is 3.17. The summed E-state index contributed by atoms with van der Waals surface area (Å²) in [7, 11) is 0. The van der Waals surface area contributed by atoms with Gasteiger partial charge in [-0.05, 0) is 36.7 Å². The number of fused-ring (bicyclic) bond motifs is 1. The Hall–Kier alpha value is -1.33. The van der Waals surface area contributed by atoms with E-state index in [-0.39, 0.29) is 0 Å². The number of benzene rings is 1. The van der Waals surface area contributed by atoms with Crippen molar-refractivity contribution in [2.24, 2.45) is 0 Å². The van der Waals surface area contributed by atoms with Gasteiger partial charge in [-0.15, -0.1) is 0 Å². The molecule has 0 fully saturated rings. The minimum absolute atomic E-state index is 0.746. The van der Waals surface area contributed by atoms with E-state index in [0.717, 1.165) is 55.0 Å². The predicted molar refractivity (Wildman–Crippen MR) is 86.7 cm³/mol. The maximum Gasteiger partial charge on any atom is 0.127 e. The molecule has 21 heavy (non-hydrogen) atoms. The topological polar surface area (TPSA) is 39.1 Å². The standard InChI is InChI=1S/C16H20BrN3O/c1-2-5-18-10-15-3-6-20(19-15)11-13-9-14(17)8-12-4-7-21-16(12)13/h3,6,8-9,18H,2,4-5,7,10-11H2,1H3. The molecular formula is C16H20BrN3O. The van der Waals surface area contributed by atoms with Gasteiger partial charge < -0.3 is 10.1 Å². The number of rotatable bonds is 6. The number of ether oxygens (including phenoxy) is 1. The first-order valence-electron chi connectivity index (χ1n) is 7.43. The Morgan fingerprint density at radius 2 is 2.33 bits per heavy atom. The molecule has 1 aliphatic heterocycles. The van der Waals surface area contributed by atoms with Gasteiger partial charge in [0.05, 0.1) is 18.8 Å². The zero-order valence-corrected chi connectivity index (χ0v) is 13.8. The number of nitrogens with zero attached hydrogens (tertiary/aromatic N) is 2. The van der Waals surface area contributed by atoms with Crippen molar-refractivity contribution in [1.82, 2.24) is 15.1 Å². The zero-order chi connectivity index (χ0) is 14.7. The van der Waals surface area contributed by atoms with E-state index < -0.39 is 0 Å². The van der Waals surface area contributed by atoms with Crippen molar-refractivity contribution < 1.29 is 4.74 Å². The Bertz CT molecular complexity index is 624. The van der Waals surface area contributed by atoms with Crippen LogP contribution in [0.5, 0.6) is 5.75 Å². The van der Waals surface area contributed by atoms with Gasteiger partial charge in [0.25, 0.3) is 0 Å². The van der Waals surface area contributed by atoms with Crippen LogP contribution in [0.3, 0.4) is 0 Å². The van der Waals surface area contributed by atoms with Crippen LogP contribution in [0, 0.1) is 0 Å². The molecular weight excluding hydrogens is 330 g/mol. The van der Waals surface area contributed by atoms with Crippen LogP contribution in [-0.2, 0) is 19.5 Å². The molecule has 0 saturated heterocycles. The monoisotopic (exact) mass is 349 g/mol. The third kappa shape index (κ3) is 3.47. The smallest absolute Gasteiger partial charge is 0.127 e. The van der Waals surface area contributed by atoms with Crippen molar-refractivity contribution in [3.05, 3.63) is 45.7 Å².